The lowest BCUT2D eigenvalue weighted by molar-refractivity contribution is -0.0521. The highest BCUT2D eigenvalue weighted by atomic mass is 19.3. The third-order valence-electron chi connectivity index (χ3n) is 4.46. The highest BCUT2D eigenvalue weighted by molar-refractivity contribution is 5.70. The first-order valence-corrected chi connectivity index (χ1v) is 7.13. The molecule has 0 aliphatic carbocycles. The van der Waals surface area contributed by atoms with E-state index in [0.717, 1.165) is 38.4 Å². The van der Waals surface area contributed by atoms with E-state index in [4.69, 9.17) is 5.73 Å². The van der Waals surface area contributed by atoms with Crippen molar-refractivity contribution in [3.63, 3.8) is 0 Å². The molecule has 1 aromatic rings. The van der Waals surface area contributed by atoms with Crippen molar-refractivity contribution in [2.75, 3.05) is 23.7 Å². The number of ether oxygens (including phenoxy) is 1. The summed E-state index contributed by atoms with van der Waals surface area (Å²) in [5, 5.41) is 0. The molecule has 21 heavy (non-hydrogen) atoms. The van der Waals surface area contributed by atoms with Crippen LogP contribution in [-0.2, 0) is 0 Å². The maximum Gasteiger partial charge on any atom is 0.387 e. The molecule has 0 bridgehead atoms. The topological polar surface area (TPSA) is 38.5 Å². The van der Waals surface area contributed by atoms with Gasteiger partial charge in [0.15, 0.2) is 11.6 Å². The second-order valence-corrected chi connectivity index (χ2v) is 5.87. The molecule has 0 atom stereocenters. The summed E-state index contributed by atoms with van der Waals surface area (Å²) in [5.41, 5.74) is 6.93. The van der Waals surface area contributed by atoms with Gasteiger partial charge in [0.05, 0.1) is 11.4 Å². The predicted octanol–water partition coefficient (Wildman–Crippen LogP) is 4.03. The zero-order valence-corrected chi connectivity index (χ0v) is 12.3. The summed E-state index contributed by atoms with van der Waals surface area (Å²) < 4.78 is 42.4. The van der Waals surface area contributed by atoms with Gasteiger partial charge in [0, 0.05) is 25.2 Å². The Morgan fingerprint density at radius 2 is 1.95 bits per heavy atom. The third-order valence-corrected chi connectivity index (χ3v) is 4.46. The molecule has 0 radical (unpaired) electrons. The Labute approximate surface area is 122 Å². The Morgan fingerprint density at radius 3 is 2.48 bits per heavy atom. The average molecular weight is 302 g/mol. The quantitative estimate of drug-likeness (QED) is 0.854. The largest absolute Gasteiger partial charge is 0.432 e. The minimum atomic E-state index is -3.05. The van der Waals surface area contributed by atoms with Gasteiger partial charge in [0.1, 0.15) is 0 Å². The highest BCUT2D eigenvalue weighted by Crippen LogP contribution is 2.39. The lowest BCUT2D eigenvalue weighted by Gasteiger charge is -2.40. The van der Waals surface area contributed by atoms with E-state index in [1.807, 2.05) is 4.90 Å². The summed E-state index contributed by atoms with van der Waals surface area (Å²) in [5.74, 6) is -1.33. The Balaban J connectivity index is 2.20. The van der Waals surface area contributed by atoms with Crippen molar-refractivity contribution in [1.29, 1.82) is 0 Å². The van der Waals surface area contributed by atoms with Crippen LogP contribution in [0.15, 0.2) is 12.1 Å². The van der Waals surface area contributed by atoms with Gasteiger partial charge in [-0.3, -0.25) is 0 Å². The monoisotopic (exact) mass is 302 g/mol. The van der Waals surface area contributed by atoms with E-state index in [2.05, 4.69) is 18.6 Å². The summed E-state index contributed by atoms with van der Waals surface area (Å²) in [4.78, 5) is 2.00. The molecule has 0 aromatic heterocycles. The van der Waals surface area contributed by atoms with E-state index in [-0.39, 0.29) is 5.69 Å². The minimum absolute atomic E-state index is 0.245. The lowest BCUT2D eigenvalue weighted by atomic mass is 9.78. The standard InChI is InChI=1S/C15H21F3N2O/c1-3-15(2)4-6-20(7-5-15)12-9-13(21-14(17)18)10(16)8-11(12)19/h8-9,14H,3-7,19H2,1-2H3. The van der Waals surface area contributed by atoms with Crippen molar-refractivity contribution in [2.24, 2.45) is 5.41 Å². The molecular formula is C15H21F3N2O. The van der Waals surface area contributed by atoms with Gasteiger partial charge >= 0.3 is 6.61 Å². The molecule has 0 spiro atoms. The van der Waals surface area contributed by atoms with E-state index < -0.39 is 18.2 Å². The molecule has 118 valence electrons. The van der Waals surface area contributed by atoms with E-state index in [1.54, 1.807) is 0 Å². The molecule has 6 heteroatoms. The first-order chi connectivity index (χ1) is 9.84. The van der Waals surface area contributed by atoms with Crippen molar-refractivity contribution in [2.45, 2.75) is 39.7 Å². The van der Waals surface area contributed by atoms with Crippen molar-refractivity contribution in [1.82, 2.24) is 0 Å². The van der Waals surface area contributed by atoms with Crippen LogP contribution < -0.4 is 15.4 Å². The maximum absolute atomic E-state index is 13.6. The number of hydrogen-bond acceptors (Lipinski definition) is 3. The van der Waals surface area contributed by atoms with Gasteiger partial charge in [0.25, 0.3) is 0 Å². The lowest BCUT2D eigenvalue weighted by Crippen LogP contribution is -2.38. The van der Waals surface area contributed by atoms with Gasteiger partial charge in [-0.05, 0) is 18.3 Å². The summed E-state index contributed by atoms with van der Waals surface area (Å²) in [6.07, 6.45) is 3.08. The molecule has 0 saturated carbocycles. The van der Waals surface area contributed by atoms with Gasteiger partial charge in [-0.25, -0.2) is 4.39 Å². The number of nitrogen functional groups attached to an aromatic ring is 1. The number of hydrogen-bond donors (Lipinski definition) is 1. The second-order valence-electron chi connectivity index (χ2n) is 5.87. The molecule has 1 heterocycles. The normalized spacial score (nSPS) is 18.1. The molecule has 2 N–H and O–H groups in total. The Hall–Kier alpha value is -1.59. The summed E-state index contributed by atoms with van der Waals surface area (Å²) in [6, 6.07) is 2.31. The van der Waals surface area contributed by atoms with Crippen molar-refractivity contribution in [3.8, 4) is 5.75 Å². The fourth-order valence-electron chi connectivity index (χ4n) is 2.66. The molecule has 1 aliphatic heterocycles. The van der Waals surface area contributed by atoms with Crippen LogP contribution in [0.2, 0.25) is 0 Å². The number of piperidine rings is 1. The SMILES string of the molecule is CCC1(C)CCN(c2cc(OC(F)F)c(F)cc2N)CC1. The fourth-order valence-corrected chi connectivity index (χ4v) is 2.66. The molecule has 0 amide bonds. The molecule has 1 aromatic carbocycles. The maximum atomic E-state index is 13.6. The van der Waals surface area contributed by atoms with Crippen LogP contribution in [0, 0.1) is 11.2 Å². The molecular weight excluding hydrogens is 281 g/mol. The van der Waals surface area contributed by atoms with E-state index in [1.165, 1.54) is 6.07 Å². The van der Waals surface area contributed by atoms with Crippen LogP contribution in [0.3, 0.4) is 0 Å². The first kappa shape index (κ1) is 15.8. The molecule has 0 unspecified atom stereocenters. The van der Waals surface area contributed by atoms with Gasteiger partial charge < -0.3 is 15.4 Å². The number of halogens is 3. The van der Waals surface area contributed by atoms with Crippen LogP contribution >= 0.6 is 0 Å². The van der Waals surface area contributed by atoms with Crippen LogP contribution in [-0.4, -0.2) is 19.7 Å². The molecule has 1 saturated heterocycles. The van der Waals surface area contributed by atoms with Crippen molar-refractivity contribution in [3.05, 3.63) is 17.9 Å². The smallest absolute Gasteiger partial charge is 0.387 e. The zero-order valence-electron chi connectivity index (χ0n) is 12.3. The van der Waals surface area contributed by atoms with Crippen LogP contribution in [0.1, 0.15) is 33.1 Å². The van der Waals surface area contributed by atoms with Crippen LogP contribution in [0.5, 0.6) is 5.75 Å². The number of nitrogens with two attached hydrogens (primary N) is 1. The van der Waals surface area contributed by atoms with Crippen molar-refractivity contribution < 1.29 is 17.9 Å². The van der Waals surface area contributed by atoms with E-state index in [9.17, 15) is 13.2 Å². The molecule has 1 fully saturated rings. The minimum Gasteiger partial charge on any atom is -0.432 e. The summed E-state index contributed by atoms with van der Waals surface area (Å²) in [7, 11) is 0. The van der Waals surface area contributed by atoms with E-state index in [0.29, 0.717) is 11.1 Å². The average Bonchev–Trinajstić information content (AvgIpc) is 2.43. The summed E-state index contributed by atoms with van der Waals surface area (Å²) in [6.45, 7) is 2.89. The molecule has 2 rings (SSSR count). The van der Waals surface area contributed by atoms with Crippen molar-refractivity contribution >= 4 is 11.4 Å². The second kappa shape index (κ2) is 6.03. The fraction of sp³-hybridized carbons (Fsp3) is 0.600. The van der Waals surface area contributed by atoms with Gasteiger partial charge in [0.2, 0.25) is 0 Å². The Bertz CT molecular complexity index is 500. The Morgan fingerprint density at radius 1 is 1.33 bits per heavy atom. The van der Waals surface area contributed by atoms with Gasteiger partial charge in [-0.1, -0.05) is 20.3 Å². The number of anilines is 2. The molecule has 1 aliphatic rings. The third kappa shape index (κ3) is 3.54. The van der Waals surface area contributed by atoms with Gasteiger partial charge in [-0.2, -0.15) is 8.78 Å². The number of benzene rings is 1. The predicted molar refractivity (Wildman–Crippen MR) is 77.3 cm³/mol. The molecule has 3 nitrogen and oxygen atoms in total. The zero-order chi connectivity index (χ0) is 15.6. The van der Waals surface area contributed by atoms with Gasteiger partial charge in [-0.15, -0.1) is 0 Å². The van der Waals surface area contributed by atoms with Crippen LogP contribution in [0.25, 0.3) is 0 Å². The number of alkyl halides is 2. The number of nitrogens with zero attached hydrogens (tertiary/aromatic N) is 1. The van der Waals surface area contributed by atoms with Crippen LogP contribution in [0.4, 0.5) is 24.5 Å². The highest BCUT2D eigenvalue weighted by Gasteiger charge is 2.29. The summed E-state index contributed by atoms with van der Waals surface area (Å²) >= 11 is 0. The van der Waals surface area contributed by atoms with E-state index >= 15 is 0 Å². The Kier molecular flexibility index (Phi) is 4.54. The number of rotatable bonds is 4. The first-order valence-electron chi connectivity index (χ1n) is 7.13.